The highest BCUT2D eigenvalue weighted by Crippen LogP contribution is 2.20. The van der Waals surface area contributed by atoms with Gasteiger partial charge in [-0.2, -0.15) is 11.3 Å². The number of likely N-dealkylation sites (N-methyl/N-ethyl adjacent to an activating group) is 1. The van der Waals surface area contributed by atoms with E-state index in [4.69, 9.17) is 4.74 Å². The maximum Gasteiger partial charge on any atom is 0.251 e. The molecule has 2 unspecified atom stereocenters. The smallest absolute Gasteiger partial charge is 0.251 e. The quantitative estimate of drug-likeness (QED) is 0.365. The van der Waals surface area contributed by atoms with Crippen LogP contribution in [-0.4, -0.2) is 93.1 Å². The average Bonchev–Trinajstić information content (AvgIpc) is 3.38. The van der Waals surface area contributed by atoms with E-state index in [1.165, 1.54) is 5.56 Å². The molecular weight excluding hydrogens is 489 g/mol. The third-order valence-electron chi connectivity index (χ3n) is 5.31. The molecule has 1 aromatic rings. The van der Waals surface area contributed by atoms with Gasteiger partial charge in [0.15, 0.2) is 5.96 Å². The van der Waals surface area contributed by atoms with Crippen molar-refractivity contribution in [2.75, 3.05) is 60.5 Å². The summed E-state index contributed by atoms with van der Waals surface area (Å²) in [6, 6.07) is 2.48. The van der Waals surface area contributed by atoms with Crippen molar-refractivity contribution in [1.82, 2.24) is 20.0 Å². The molecule has 2 aliphatic rings. The van der Waals surface area contributed by atoms with Gasteiger partial charge >= 0.3 is 0 Å². The Labute approximate surface area is 189 Å². The molecule has 0 bridgehead atoms. The van der Waals surface area contributed by atoms with Crippen LogP contribution in [0.2, 0.25) is 0 Å². The molecule has 28 heavy (non-hydrogen) atoms. The van der Waals surface area contributed by atoms with Crippen molar-refractivity contribution >= 4 is 47.2 Å². The summed E-state index contributed by atoms with van der Waals surface area (Å²) in [5.74, 6) is 1.06. The van der Waals surface area contributed by atoms with Crippen LogP contribution in [0.5, 0.6) is 0 Å². The summed E-state index contributed by atoms with van der Waals surface area (Å²) < 4.78 is 5.54. The van der Waals surface area contributed by atoms with Gasteiger partial charge in [-0.3, -0.25) is 9.79 Å². The van der Waals surface area contributed by atoms with E-state index < -0.39 is 0 Å². The van der Waals surface area contributed by atoms with Gasteiger partial charge in [0.25, 0.3) is 5.91 Å². The fourth-order valence-corrected chi connectivity index (χ4v) is 4.41. The molecule has 3 rings (SSSR count). The lowest BCUT2D eigenvalue weighted by Gasteiger charge is -2.37. The van der Waals surface area contributed by atoms with Crippen molar-refractivity contribution in [3.63, 3.8) is 0 Å². The second kappa shape index (κ2) is 11.3. The van der Waals surface area contributed by atoms with Crippen molar-refractivity contribution in [2.45, 2.75) is 25.0 Å². The number of amides is 1. The number of rotatable bonds is 5. The van der Waals surface area contributed by atoms with Gasteiger partial charge in [-0.15, -0.1) is 24.0 Å². The van der Waals surface area contributed by atoms with E-state index in [1.54, 1.807) is 11.3 Å². The van der Waals surface area contributed by atoms with Gasteiger partial charge in [0, 0.05) is 46.4 Å². The molecule has 0 spiro atoms. The molecule has 1 N–H and O–H groups in total. The molecule has 7 nitrogen and oxygen atoms in total. The molecule has 2 saturated heterocycles. The van der Waals surface area contributed by atoms with Crippen LogP contribution in [0.15, 0.2) is 21.8 Å². The van der Waals surface area contributed by atoms with Gasteiger partial charge in [0.1, 0.15) is 6.10 Å². The van der Waals surface area contributed by atoms with Gasteiger partial charge in [0.2, 0.25) is 0 Å². The Morgan fingerprint density at radius 3 is 2.61 bits per heavy atom. The highest BCUT2D eigenvalue weighted by molar-refractivity contribution is 14.0. The van der Waals surface area contributed by atoms with Gasteiger partial charge < -0.3 is 24.8 Å². The van der Waals surface area contributed by atoms with Gasteiger partial charge in [-0.1, -0.05) is 0 Å². The number of nitrogens with zero attached hydrogens (tertiary/aromatic N) is 4. The minimum atomic E-state index is -0.222. The number of nitrogens with one attached hydrogen (secondary N) is 1. The van der Waals surface area contributed by atoms with E-state index >= 15 is 0 Å². The van der Waals surface area contributed by atoms with E-state index in [0.29, 0.717) is 12.6 Å². The summed E-state index contributed by atoms with van der Waals surface area (Å²) in [5, 5.41) is 7.83. The fourth-order valence-electron chi connectivity index (χ4n) is 3.70. The Bertz CT molecular complexity index is 626. The average molecular weight is 521 g/mol. The van der Waals surface area contributed by atoms with E-state index in [-0.39, 0.29) is 36.0 Å². The number of ether oxygens (including phenoxy) is 1. The SMILES string of the molecule is CN=C(NCC(c1ccsc1)N(C)C)N1CCN(C(=O)C2CCCO2)CC1.I. The minimum absolute atomic E-state index is 0. The summed E-state index contributed by atoms with van der Waals surface area (Å²) in [6.45, 7) is 4.55. The Morgan fingerprint density at radius 1 is 1.36 bits per heavy atom. The molecule has 1 aromatic heterocycles. The summed E-state index contributed by atoms with van der Waals surface area (Å²) in [5.41, 5.74) is 1.32. The lowest BCUT2D eigenvalue weighted by atomic mass is 10.1. The molecule has 158 valence electrons. The number of hydrogen-bond donors (Lipinski definition) is 1. The Morgan fingerprint density at radius 2 is 2.07 bits per heavy atom. The zero-order valence-corrected chi connectivity index (χ0v) is 20.1. The first-order chi connectivity index (χ1) is 13.1. The largest absolute Gasteiger partial charge is 0.368 e. The molecular formula is C19H32IN5O2S. The molecule has 0 aromatic carbocycles. The molecule has 9 heteroatoms. The normalized spacial score (nSPS) is 21.6. The monoisotopic (exact) mass is 521 g/mol. The Hall–Kier alpha value is -0.910. The predicted molar refractivity (Wildman–Crippen MR) is 125 cm³/mol. The van der Waals surface area contributed by atoms with Crippen LogP contribution < -0.4 is 5.32 Å². The summed E-state index contributed by atoms with van der Waals surface area (Å²) >= 11 is 1.72. The fraction of sp³-hybridized carbons (Fsp3) is 0.684. The van der Waals surface area contributed by atoms with Gasteiger partial charge in [0.05, 0.1) is 6.04 Å². The number of carbonyl (C=O) groups excluding carboxylic acids is 1. The number of piperazine rings is 1. The molecule has 0 aliphatic carbocycles. The molecule has 2 aliphatic heterocycles. The van der Waals surface area contributed by atoms with Crippen molar-refractivity contribution in [2.24, 2.45) is 4.99 Å². The first kappa shape index (κ1) is 23.4. The molecule has 3 heterocycles. The van der Waals surface area contributed by atoms with Crippen LogP contribution in [0.25, 0.3) is 0 Å². The van der Waals surface area contributed by atoms with Crippen molar-refractivity contribution in [3.05, 3.63) is 22.4 Å². The predicted octanol–water partition coefficient (Wildman–Crippen LogP) is 1.87. The van der Waals surface area contributed by atoms with Crippen LogP contribution in [0.3, 0.4) is 0 Å². The number of thiophene rings is 1. The second-order valence-electron chi connectivity index (χ2n) is 7.28. The molecule has 0 radical (unpaired) electrons. The summed E-state index contributed by atoms with van der Waals surface area (Å²) in [7, 11) is 6.02. The number of carbonyl (C=O) groups is 1. The number of halogens is 1. The van der Waals surface area contributed by atoms with E-state index in [0.717, 1.165) is 51.5 Å². The van der Waals surface area contributed by atoms with Crippen LogP contribution >= 0.6 is 35.3 Å². The molecule has 2 fully saturated rings. The summed E-state index contributed by atoms with van der Waals surface area (Å²) in [4.78, 5) is 23.4. The maximum atomic E-state index is 12.5. The van der Waals surface area contributed by atoms with Crippen LogP contribution in [0.1, 0.15) is 24.4 Å². The second-order valence-corrected chi connectivity index (χ2v) is 8.06. The lowest BCUT2D eigenvalue weighted by molar-refractivity contribution is -0.142. The number of guanidine groups is 1. The Balaban J connectivity index is 0.00000280. The first-order valence-electron chi connectivity index (χ1n) is 9.64. The number of aliphatic imine (C=N–C) groups is 1. The van der Waals surface area contributed by atoms with Crippen LogP contribution in [0, 0.1) is 0 Å². The van der Waals surface area contributed by atoms with Crippen LogP contribution in [-0.2, 0) is 9.53 Å². The summed E-state index contributed by atoms with van der Waals surface area (Å²) in [6.07, 6.45) is 1.63. The lowest BCUT2D eigenvalue weighted by Crippen LogP contribution is -2.55. The highest BCUT2D eigenvalue weighted by atomic mass is 127. The zero-order valence-electron chi connectivity index (χ0n) is 17.0. The molecule has 2 atom stereocenters. The first-order valence-corrected chi connectivity index (χ1v) is 10.6. The number of hydrogen-bond acceptors (Lipinski definition) is 5. The molecule has 0 saturated carbocycles. The third-order valence-corrected chi connectivity index (χ3v) is 6.01. The molecule has 1 amide bonds. The third kappa shape index (κ3) is 5.80. The van der Waals surface area contributed by atoms with E-state index in [1.807, 2.05) is 11.9 Å². The van der Waals surface area contributed by atoms with Crippen molar-refractivity contribution < 1.29 is 9.53 Å². The van der Waals surface area contributed by atoms with Crippen molar-refractivity contribution in [3.8, 4) is 0 Å². The van der Waals surface area contributed by atoms with Crippen LogP contribution in [0.4, 0.5) is 0 Å². The van der Waals surface area contributed by atoms with E-state index in [9.17, 15) is 4.79 Å². The zero-order chi connectivity index (χ0) is 19.2. The Kier molecular flexibility index (Phi) is 9.45. The minimum Gasteiger partial charge on any atom is -0.368 e. The maximum absolute atomic E-state index is 12.5. The van der Waals surface area contributed by atoms with Gasteiger partial charge in [-0.05, 0) is 49.3 Å². The van der Waals surface area contributed by atoms with Crippen molar-refractivity contribution in [1.29, 1.82) is 0 Å². The van der Waals surface area contributed by atoms with Gasteiger partial charge in [-0.25, -0.2) is 0 Å². The van der Waals surface area contributed by atoms with E-state index in [2.05, 4.69) is 51.0 Å². The standard InChI is InChI=1S/C19H31N5O2S.HI/c1-20-19(21-13-16(22(2)3)15-6-12-27-14-15)24-9-7-23(8-10-24)18(25)17-5-4-11-26-17;/h6,12,14,16-17H,4-5,7-11,13H2,1-3H3,(H,20,21);1H. The highest BCUT2D eigenvalue weighted by Gasteiger charge is 2.31. The topological polar surface area (TPSA) is 60.4 Å².